The molecule has 2 aromatic rings. The van der Waals surface area contributed by atoms with Crippen molar-refractivity contribution in [1.29, 1.82) is 10.5 Å². The molecular weight excluding hydrogens is 535 g/mol. The monoisotopic (exact) mass is 564 g/mol. The van der Waals surface area contributed by atoms with Crippen molar-refractivity contribution in [3.63, 3.8) is 0 Å². The third-order valence-electron chi connectivity index (χ3n) is 7.30. The van der Waals surface area contributed by atoms with E-state index in [2.05, 4.69) is 6.07 Å². The maximum Gasteiger partial charge on any atom is 0.337 e. The molecule has 40 heavy (non-hydrogen) atoms. The summed E-state index contributed by atoms with van der Waals surface area (Å²) in [6.07, 6.45) is 1.63. The van der Waals surface area contributed by atoms with Gasteiger partial charge in [-0.05, 0) is 62.8 Å². The van der Waals surface area contributed by atoms with Crippen molar-refractivity contribution in [2.75, 3.05) is 38.3 Å². The van der Waals surface area contributed by atoms with Gasteiger partial charge in [-0.15, -0.1) is 0 Å². The number of urea groups is 2. The number of imide groups is 1. The number of amides is 4. The number of halogens is 1. The topological polar surface area (TPSA) is 129 Å². The molecule has 0 radical (unpaired) electrons. The Morgan fingerprint density at radius 2 is 1.88 bits per heavy atom. The van der Waals surface area contributed by atoms with Crippen LogP contribution in [0.25, 0.3) is 0 Å². The van der Waals surface area contributed by atoms with Gasteiger partial charge in [-0.25, -0.2) is 27.3 Å². The van der Waals surface area contributed by atoms with E-state index < -0.39 is 34.6 Å². The molecule has 2 aliphatic rings. The van der Waals surface area contributed by atoms with Crippen molar-refractivity contribution in [3.05, 3.63) is 70.4 Å². The van der Waals surface area contributed by atoms with Gasteiger partial charge in [-0.3, -0.25) is 4.90 Å². The standard InChI is InChI=1S/C28H29FN6O4S/c1-18-24(16-31)26(23-9-8-20(15-30)13-25(23)40(4,38)39)35(27(36)33-11-10-22(17-33)32(2)3)28(37)34(18)21-7-5-6-19(12-21)14-29/h5-9,12-13,22,26H,10-11,14,17H2,1-4H3/t22-,26-/m1/s1. The molecule has 208 valence electrons. The highest BCUT2D eigenvalue weighted by Gasteiger charge is 2.47. The molecule has 0 aliphatic carbocycles. The SMILES string of the molecule is CC1=C(C#N)[C@@H](c2ccc(C#N)cc2S(C)(=O)=O)N(C(=O)N2CC[C@@H](N(C)C)C2)C(=O)N1c1cccc(CF)c1. The average molecular weight is 565 g/mol. The molecule has 0 spiro atoms. The zero-order valence-corrected chi connectivity index (χ0v) is 23.4. The summed E-state index contributed by atoms with van der Waals surface area (Å²) in [6, 6.07) is 11.3. The van der Waals surface area contributed by atoms with Gasteiger partial charge in [0.05, 0.1) is 33.9 Å². The quantitative estimate of drug-likeness (QED) is 0.537. The van der Waals surface area contributed by atoms with Gasteiger partial charge in [0, 0.05) is 31.1 Å². The van der Waals surface area contributed by atoms with Crippen molar-refractivity contribution in [1.82, 2.24) is 14.7 Å². The van der Waals surface area contributed by atoms with E-state index in [0.29, 0.717) is 25.1 Å². The molecule has 12 heteroatoms. The summed E-state index contributed by atoms with van der Waals surface area (Å²) in [5.41, 5.74) is 0.806. The number of nitriles is 2. The number of rotatable bonds is 5. The molecule has 2 aromatic carbocycles. The molecule has 0 unspecified atom stereocenters. The van der Waals surface area contributed by atoms with Gasteiger partial charge in [-0.1, -0.05) is 18.2 Å². The van der Waals surface area contributed by atoms with Crippen LogP contribution in [0.1, 0.15) is 36.1 Å². The Hall–Kier alpha value is -4.26. The summed E-state index contributed by atoms with van der Waals surface area (Å²) in [5.74, 6) is 0. The first kappa shape index (κ1) is 28.7. The highest BCUT2D eigenvalue weighted by Crippen LogP contribution is 2.42. The summed E-state index contributed by atoms with van der Waals surface area (Å²) >= 11 is 0. The van der Waals surface area contributed by atoms with E-state index in [1.54, 1.807) is 18.2 Å². The molecule has 0 aromatic heterocycles. The molecule has 1 saturated heterocycles. The van der Waals surface area contributed by atoms with Crippen molar-refractivity contribution in [3.8, 4) is 12.1 Å². The molecule has 0 saturated carbocycles. The maximum absolute atomic E-state index is 14.2. The number of nitrogens with zero attached hydrogens (tertiary/aromatic N) is 6. The lowest BCUT2D eigenvalue weighted by molar-refractivity contribution is 0.149. The molecule has 2 atom stereocenters. The minimum atomic E-state index is -3.95. The lowest BCUT2D eigenvalue weighted by Gasteiger charge is -2.42. The molecule has 4 amide bonds. The minimum Gasteiger partial charge on any atom is -0.323 e. The fraction of sp³-hybridized carbons (Fsp3) is 0.357. The highest BCUT2D eigenvalue weighted by atomic mass is 32.2. The van der Waals surface area contributed by atoms with E-state index in [-0.39, 0.29) is 39.0 Å². The smallest absolute Gasteiger partial charge is 0.323 e. The van der Waals surface area contributed by atoms with Crippen molar-refractivity contribution >= 4 is 27.6 Å². The second-order valence-electron chi connectivity index (χ2n) is 10.1. The zero-order valence-electron chi connectivity index (χ0n) is 22.6. The number of likely N-dealkylation sites (N-methyl/N-ethyl adjacent to an activating group) is 1. The van der Waals surface area contributed by atoms with Crippen LogP contribution in [0, 0.1) is 22.7 Å². The van der Waals surface area contributed by atoms with Gasteiger partial charge in [0.25, 0.3) is 0 Å². The van der Waals surface area contributed by atoms with Crippen LogP contribution in [0.3, 0.4) is 0 Å². The number of sulfone groups is 1. The number of alkyl halides is 1. The van der Waals surface area contributed by atoms with Crippen LogP contribution in [-0.2, 0) is 16.5 Å². The molecule has 2 heterocycles. The first-order valence-corrected chi connectivity index (χ1v) is 14.4. The summed E-state index contributed by atoms with van der Waals surface area (Å²) in [7, 11) is -0.171. The van der Waals surface area contributed by atoms with Crippen LogP contribution in [0.5, 0.6) is 0 Å². The Balaban J connectivity index is 1.97. The second-order valence-corrected chi connectivity index (χ2v) is 12.1. The average Bonchev–Trinajstić information content (AvgIpc) is 3.43. The van der Waals surface area contributed by atoms with Gasteiger partial charge >= 0.3 is 12.1 Å². The number of allylic oxidation sites excluding steroid dienone is 1. The number of carbonyl (C=O) groups excluding carboxylic acids is 2. The molecule has 1 fully saturated rings. The maximum atomic E-state index is 14.2. The van der Waals surface area contributed by atoms with E-state index >= 15 is 0 Å². The Kier molecular flexibility index (Phi) is 7.96. The number of carbonyl (C=O) groups is 2. The minimum absolute atomic E-state index is 0.0274. The largest absolute Gasteiger partial charge is 0.337 e. The summed E-state index contributed by atoms with van der Waals surface area (Å²) in [6.45, 7) is 1.43. The molecular formula is C28H29FN6O4S. The summed E-state index contributed by atoms with van der Waals surface area (Å²) in [5, 5.41) is 19.8. The normalized spacial score (nSPS) is 19.7. The highest BCUT2D eigenvalue weighted by molar-refractivity contribution is 7.90. The Labute approximate surface area is 233 Å². The van der Waals surface area contributed by atoms with Crippen LogP contribution in [-0.4, -0.2) is 74.7 Å². The van der Waals surface area contributed by atoms with Crippen LogP contribution in [0.15, 0.2) is 58.6 Å². The Bertz CT molecular complexity index is 1590. The van der Waals surface area contributed by atoms with Gasteiger partial charge in [0.1, 0.15) is 12.7 Å². The van der Waals surface area contributed by atoms with E-state index in [1.165, 1.54) is 41.0 Å². The Morgan fingerprint density at radius 3 is 2.45 bits per heavy atom. The number of hydrogen-bond acceptors (Lipinski definition) is 7. The lowest BCUT2D eigenvalue weighted by Crippen LogP contribution is -2.56. The number of likely N-dealkylation sites (tertiary alicyclic amines) is 1. The Morgan fingerprint density at radius 1 is 1.15 bits per heavy atom. The predicted octanol–water partition coefficient (Wildman–Crippen LogP) is 3.97. The number of hydrogen-bond donors (Lipinski definition) is 0. The fourth-order valence-electron chi connectivity index (χ4n) is 5.16. The van der Waals surface area contributed by atoms with E-state index in [4.69, 9.17) is 0 Å². The van der Waals surface area contributed by atoms with Crippen LogP contribution in [0.4, 0.5) is 19.7 Å². The van der Waals surface area contributed by atoms with Crippen LogP contribution < -0.4 is 4.90 Å². The first-order valence-electron chi connectivity index (χ1n) is 12.5. The van der Waals surface area contributed by atoms with E-state index in [0.717, 1.165) is 11.2 Å². The molecule has 4 rings (SSSR count). The first-order chi connectivity index (χ1) is 18.9. The van der Waals surface area contributed by atoms with Crippen molar-refractivity contribution in [2.45, 2.75) is 37.0 Å². The van der Waals surface area contributed by atoms with Gasteiger partial charge in [0.2, 0.25) is 0 Å². The predicted molar refractivity (Wildman–Crippen MR) is 145 cm³/mol. The lowest BCUT2D eigenvalue weighted by atomic mass is 9.93. The molecule has 0 N–H and O–H groups in total. The fourth-order valence-corrected chi connectivity index (χ4v) is 6.11. The number of anilines is 1. The van der Waals surface area contributed by atoms with E-state index in [9.17, 15) is 32.9 Å². The number of benzene rings is 2. The van der Waals surface area contributed by atoms with Crippen LogP contribution >= 0.6 is 0 Å². The van der Waals surface area contributed by atoms with Gasteiger partial charge in [-0.2, -0.15) is 10.5 Å². The van der Waals surface area contributed by atoms with Gasteiger partial charge < -0.3 is 9.80 Å². The van der Waals surface area contributed by atoms with E-state index in [1.807, 2.05) is 25.1 Å². The molecule has 0 bridgehead atoms. The third-order valence-corrected chi connectivity index (χ3v) is 8.46. The summed E-state index contributed by atoms with van der Waals surface area (Å²) < 4.78 is 39.2. The summed E-state index contributed by atoms with van der Waals surface area (Å²) in [4.78, 5) is 33.6. The third kappa shape index (κ3) is 5.16. The zero-order chi connectivity index (χ0) is 29.4. The molecule has 2 aliphatic heterocycles. The van der Waals surface area contributed by atoms with Crippen LogP contribution in [0.2, 0.25) is 0 Å². The van der Waals surface area contributed by atoms with Gasteiger partial charge in [0.15, 0.2) is 9.84 Å². The van der Waals surface area contributed by atoms with Crippen molar-refractivity contribution < 1.29 is 22.4 Å². The van der Waals surface area contributed by atoms with Crippen molar-refractivity contribution in [2.24, 2.45) is 0 Å². The molecule has 10 nitrogen and oxygen atoms in total. The second kappa shape index (κ2) is 11.1.